The number of carbonyl (C=O) groups excluding carboxylic acids is 1. The van der Waals surface area contributed by atoms with Gasteiger partial charge in [0.2, 0.25) is 5.91 Å². The normalized spacial score (nSPS) is 16.1. The first kappa shape index (κ1) is 18.8. The van der Waals surface area contributed by atoms with E-state index in [1.807, 2.05) is 24.3 Å². The molecule has 4 heteroatoms. The van der Waals surface area contributed by atoms with Crippen LogP contribution in [0, 0.1) is 12.8 Å². The van der Waals surface area contributed by atoms with Crippen LogP contribution < -0.4 is 10.1 Å². The number of nitrogens with one attached hydrogen (secondary N) is 1. The summed E-state index contributed by atoms with van der Waals surface area (Å²) >= 11 is 0. The van der Waals surface area contributed by atoms with Crippen molar-refractivity contribution >= 4 is 5.91 Å². The van der Waals surface area contributed by atoms with Gasteiger partial charge in [0.15, 0.2) is 0 Å². The maximum absolute atomic E-state index is 11.8. The van der Waals surface area contributed by atoms with Gasteiger partial charge in [-0.05, 0) is 70.3 Å². The molecule has 2 rings (SSSR count). The Morgan fingerprint density at radius 3 is 2.62 bits per heavy atom. The van der Waals surface area contributed by atoms with Gasteiger partial charge < -0.3 is 15.0 Å². The van der Waals surface area contributed by atoms with Crippen LogP contribution in [0.15, 0.2) is 24.3 Å². The van der Waals surface area contributed by atoms with Crippen molar-refractivity contribution in [3.8, 4) is 5.75 Å². The van der Waals surface area contributed by atoms with Crippen molar-refractivity contribution in [2.45, 2.75) is 46.0 Å². The van der Waals surface area contributed by atoms with E-state index in [4.69, 9.17) is 4.74 Å². The average molecular weight is 332 g/mol. The van der Waals surface area contributed by atoms with Gasteiger partial charge in [0.25, 0.3) is 0 Å². The van der Waals surface area contributed by atoms with Crippen LogP contribution in [0.3, 0.4) is 0 Å². The summed E-state index contributed by atoms with van der Waals surface area (Å²) in [5.41, 5.74) is 1.22. The van der Waals surface area contributed by atoms with Gasteiger partial charge in [-0.25, -0.2) is 0 Å². The number of carbonyl (C=O) groups is 1. The summed E-state index contributed by atoms with van der Waals surface area (Å²) in [6.45, 7) is 9.28. The minimum absolute atomic E-state index is 0.134. The molecule has 1 aliphatic heterocycles. The van der Waals surface area contributed by atoms with Crippen LogP contribution in [-0.2, 0) is 4.79 Å². The minimum atomic E-state index is 0.134. The maximum Gasteiger partial charge on any atom is 0.220 e. The molecule has 1 amide bonds. The Labute approximate surface area is 146 Å². The summed E-state index contributed by atoms with van der Waals surface area (Å²) in [5.74, 6) is 1.88. The highest BCUT2D eigenvalue weighted by Gasteiger charge is 2.14. The molecule has 1 saturated heterocycles. The maximum atomic E-state index is 11.8. The van der Waals surface area contributed by atoms with Crippen LogP contribution >= 0.6 is 0 Å². The van der Waals surface area contributed by atoms with Gasteiger partial charge in [0.1, 0.15) is 5.75 Å². The number of rotatable bonds is 9. The summed E-state index contributed by atoms with van der Waals surface area (Å²) in [5, 5.41) is 3.02. The molecule has 24 heavy (non-hydrogen) atoms. The smallest absolute Gasteiger partial charge is 0.220 e. The molecule has 1 aliphatic rings. The molecule has 1 N–H and O–H groups in total. The van der Waals surface area contributed by atoms with Gasteiger partial charge in [-0.2, -0.15) is 0 Å². The summed E-state index contributed by atoms with van der Waals surface area (Å²) < 4.78 is 5.64. The van der Waals surface area contributed by atoms with Gasteiger partial charge in [0.05, 0.1) is 6.61 Å². The number of hydrogen-bond donors (Lipinski definition) is 1. The lowest BCUT2D eigenvalue weighted by Gasteiger charge is -2.30. The van der Waals surface area contributed by atoms with Crippen molar-refractivity contribution in [2.24, 2.45) is 5.92 Å². The molecule has 1 aromatic carbocycles. The highest BCUT2D eigenvalue weighted by Crippen LogP contribution is 2.15. The molecule has 0 radical (unpaired) electrons. The van der Waals surface area contributed by atoms with E-state index in [0.717, 1.165) is 37.6 Å². The van der Waals surface area contributed by atoms with Crippen LogP contribution in [-0.4, -0.2) is 43.6 Å². The van der Waals surface area contributed by atoms with E-state index in [1.165, 1.54) is 31.5 Å². The van der Waals surface area contributed by atoms with Crippen LogP contribution in [0.25, 0.3) is 0 Å². The average Bonchev–Trinajstić information content (AvgIpc) is 2.59. The first-order chi connectivity index (χ1) is 11.6. The molecule has 0 unspecified atom stereocenters. The summed E-state index contributed by atoms with van der Waals surface area (Å²) in [6, 6.07) is 8.00. The Morgan fingerprint density at radius 2 is 1.92 bits per heavy atom. The van der Waals surface area contributed by atoms with E-state index in [1.54, 1.807) is 0 Å². The summed E-state index contributed by atoms with van der Waals surface area (Å²) in [4.78, 5) is 14.3. The summed E-state index contributed by atoms with van der Waals surface area (Å²) in [6.07, 6.45) is 4.96. The monoisotopic (exact) mass is 332 g/mol. The molecule has 1 fully saturated rings. The Bertz CT molecular complexity index is 479. The van der Waals surface area contributed by atoms with E-state index in [9.17, 15) is 4.79 Å². The molecule has 4 nitrogen and oxygen atoms in total. The van der Waals surface area contributed by atoms with E-state index < -0.39 is 0 Å². The second kappa shape index (κ2) is 10.3. The van der Waals surface area contributed by atoms with E-state index >= 15 is 0 Å². The number of likely N-dealkylation sites (tertiary alicyclic amines) is 1. The fraction of sp³-hybridized carbons (Fsp3) is 0.650. The van der Waals surface area contributed by atoms with Crippen LogP contribution in [0.5, 0.6) is 5.75 Å². The van der Waals surface area contributed by atoms with Crippen molar-refractivity contribution in [1.82, 2.24) is 10.2 Å². The Kier molecular flexibility index (Phi) is 8.10. The third-order valence-corrected chi connectivity index (χ3v) is 4.69. The third-order valence-electron chi connectivity index (χ3n) is 4.69. The van der Waals surface area contributed by atoms with Crippen molar-refractivity contribution < 1.29 is 9.53 Å². The van der Waals surface area contributed by atoms with E-state index in [0.29, 0.717) is 13.0 Å². The molecule has 0 spiro atoms. The van der Waals surface area contributed by atoms with Crippen molar-refractivity contribution in [3.05, 3.63) is 29.8 Å². The topological polar surface area (TPSA) is 41.6 Å². The predicted octanol–water partition coefficient (Wildman–Crippen LogP) is 3.39. The lowest BCUT2D eigenvalue weighted by Crippen LogP contribution is -2.35. The fourth-order valence-electron chi connectivity index (χ4n) is 2.96. The quantitative estimate of drug-likeness (QED) is 0.705. The number of aryl methyl sites for hydroxylation is 1. The largest absolute Gasteiger partial charge is 0.494 e. The zero-order valence-electron chi connectivity index (χ0n) is 15.2. The predicted molar refractivity (Wildman–Crippen MR) is 98.4 cm³/mol. The van der Waals surface area contributed by atoms with Crippen LogP contribution in [0.1, 0.15) is 44.6 Å². The second-order valence-electron chi connectivity index (χ2n) is 6.99. The van der Waals surface area contributed by atoms with Crippen molar-refractivity contribution in [1.29, 1.82) is 0 Å². The first-order valence-corrected chi connectivity index (χ1v) is 9.32. The highest BCUT2D eigenvalue weighted by atomic mass is 16.5. The van der Waals surface area contributed by atoms with Crippen molar-refractivity contribution in [3.63, 3.8) is 0 Å². The molecular weight excluding hydrogens is 300 g/mol. The Hall–Kier alpha value is -1.55. The number of piperidine rings is 1. The number of benzene rings is 1. The Morgan fingerprint density at radius 1 is 1.21 bits per heavy atom. The van der Waals surface area contributed by atoms with Crippen LogP contribution in [0.2, 0.25) is 0 Å². The fourth-order valence-corrected chi connectivity index (χ4v) is 2.96. The van der Waals surface area contributed by atoms with E-state index in [2.05, 4.69) is 24.1 Å². The second-order valence-corrected chi connectivity index (χ2v) is 6.99. The lowest BCUT2D eigenvalue weighted by atomic mass is 9.99. The first-order valence-electron chi connectivity index (χ1n) is 9.32. The number of nitrogens with zero attached hydrogens (tertiary/aromatic N) is 1. The molecule has 134 valence electrons. The molecular formula is C20H32N2O2. The molecule has 1 aromatic rings. The molecule has 0 aliphatic carbocycles. The van der Waals surface area contributed by atoms with E-state index in [-0.39, 0.29) is 5.91 Å². The number of amides is 1. The van der Waals surface area contributed by atoms with Gasteiger partial charge in [-0.15, -0.1) is 0 Å². The highest BCUT2D eigenvalue weighted by molar-refractivity contribution is 5.75. The Balaban J connectivity index is 1.45. The minimum Gasteiger partial charge on any atom is -0.494 e. The zero-order chi connectivity index (χ0) is 17.2. The number of hydrogen-bond acceptors (Lipinski definition) is 3. The standard InChI is InChI=1S/C20H32N2O2/c1-17-6-8-19(9-7-17)24-16-3-5-20(23)21-12-4-13-22-14-10-18(2)11-15-22/h6-9,18H,3-5,10-16H2,1-2H3,(H,21,23). The van der Waals surface area contributed by atoms with Gasteiger partial charge >= 0.3 is 0 Å². The summed E-state index contributed by atoms with van der Waals surface area (Å²) in [7, 11) is 0. The third kappa shape index (κ3) is 7.35. The SMILES string of the molecule is Cc1ccc(OCCCC(=O)NCCCN2CCC(C)CC2)cc1. The molecule has 0 atom stereocenters. The van der Waals surface area contributed by atoms with Gasteiger partial charge in [-0.3, -0.25) is 4.79 Å². The lowest BCUT2D eigenvalue weighted by molar-refractivity contribution is -0.121. The van der Waals surface area contributed by atoms with Crippen LogP contribution in [0.4, 0.5) is 0 Å². The van der Waals surface area contributed by atoms with Gasteiger partial charge in [-0.1, -0.05) is 24.6 Å². The zero-order valence-corrected chi connectivity index (χ0v) is 15.2. The molecule has 1 heterocycles. The number of ether oxygens (including phenoxy) is 1. The van der Waals surface area contributed by atoms with Crippen molar-refractivity contribution in [2.75, 3.05) is 32.8 Å². The molecule has 0 saturated carbocycles. The molecule has 0 aromatic heterocycles. The molecule has 0 bridgehead atoms. The van der Waals surface area contributed by atoms with Gasteiger partial charge in [0, 0.05) is 13.0 Å².